The summed E-state index contributed by atoms with van der Waals surface area (Å²) in [7, 11) is 0. The van der Waals surface area contributed by atoms with Gasteiger partial charge >= 0.3 is 5.97 Å². The minimum atomic E-state index is -0.864. The zero-order valence-corrected chi connectivity index (χ0v) is 10.8. The van der Waals surface area contributed by atoms with E-state index in [1.807, 2.05) is 6.07 Å². The van der Waals surface area contributed by atoms with E-state index in [0.717, 1.165) is 0 Å². The minimum Gasteiger partial charge on any atom is -0.485 e. The predicted molar refractivity (Wildman–Crippen MR) is 70.5 cm³/mol. The van der Waals surface area contributed by atoms with E-state index in [1.54, 1.807) is 18.2 Å². The Morgan fingerprint density at radius 1 is 1.40 bits per heavy atom. The van der Waals surface area contributed by atoms with E-state index >= 15 is 0 Å². The number of ether oxygens (including phenoxy) is 3. The molecule has 1 aromatic rings. The second kappa shape index (κ2) is 6.60. The molecule has 1 atom stereocenters. The van der Waals surface area contributed by atoms with Gasteiger partial charge in [0, 0.05) is 6.54 Å². The van der Waals surface area contributed by atoms with Crippen molar-refractivity contribution in [2.24, 2.45) is 0 Å². The van der Waals surface area contributed by atoms with Crippen LogP contribution in [0.2, 0.25) is 0 Å². The molecule has 1 aliphatic rings. The summed E-state index contributed by atoms with van der Waals surface area (Å²) in [6.45, 7) is 3.50. The van der Waals surface area contributed by atoms with Crippen LogP contribution in [0.25, 0.3) is 0 Å². The molecule has 0 bridgehead atoms. The van der Waals surface area contributed by atoms with E-state index in [0.29, 0.717) is 18.0 Å². The van der Waals surface area contributed by atoms with Crippen LogP contribution in [0.15, 0.2) is 36.9 Å². The van der Waals surface area contributed by atoms with E-state index in [9.17, 15) is 9.59 Å². The smallest absolute Gasteiger partial charge is 0.351 e. The van der Waals surface area contributed by atoms with Crippen molar-refractivity contribution in [3.8, 4) is 11.5 Å². The van der Waals surface area contributed by atoms with Gasteiger partial charge in [-0.3, -0.25) is 4.79 Å². The first-order valence-electron chi connectivity index (χ1n) is 6.13. The Morgan fingerprint density at radius 2 is 2.15 bits per heavy atom. The topological polar surface area (TPSA) is 73.9 Å². The number of benzene rings is 1. The molecule has 0 radical (unpaired) electrons. The summed E-state index contributed by atoms with van der Waals surface area (Å²) < 4.78 is 15.7. The van der Waals surface area contributed by atoms with Gasteiger partial charge in [0.15, 0.2) is 18.1 Å². The summed E-state index contributed by atoms with van der Waals surface area (Å²) >= 11 is 0. The van der Waals surface area contributed by atoms with Gasteiger partial charge in [-0.05, 0) is 12.1 Å². The average Bonchev–Trinajstić information content (AvgIpc) is 2.50. The third-order valence-electron chi connectivity index (χ3n) is 2.56. The fourth-order valence-corrected chi connectivity index (χ4v) is 1.60. The number of carbonyl (C=O) groups excluding carboxylic acids is 2. The van der Waals surface area contributed by atoms with Crippen molar-refractivity contribution >= 4 is 11.9 Å². The molecule has 0 saturated heterocycles. The molecular formula is C14H15NO5. The molecule has 1 heterocycles. The zero-order valence-electron chi connectivity index (χ0n) is 10.8. The third kappa shape index (κ3) is 3.50. The Hall–Kier alpha value is -2.50. The Bertz CT molecular complexity index is 514. The second-order valence-corrected chi connectivity index (χ2v) is 4.06. The number of nitrogens with one attached hydrogen (secondary N) is 1. The van der Waals surface area contributed by atoms with Crippen LogP contribution in [0, 0.1) is 0 Å². The molecule has 6 heteroatoms. The quantitative estimate of drug-likeness (QED) is 0.632. The number of amides is 1. The predicted octanol–water partition coefficient (Wildman–Crippen LogP) is 0.672. The van der Waals surface area contributed by atoms with Crippen molar-refractivity contribution in [2.75, 3.05) is 19.8 Å². The maximum Gasteiger partial charge on any atom is 0.351 e. The fraction of sp³-hybridized carbons (Fsp3) is 0.286. The fourth-order valence-electron chi connectivity index (χ4n) is 1.60. The Kier molecular flexibility index (Phi) is 4.60. The molecule has 6 nitrogen and oxygen atoms in total. The molecule has 0 saturated carbocycles. The standard InChI is InChI=1S/C14H15NO5/c1-2-7-15-13(16)9-19-14(17)12-8-18-10-5-3-4-6-11(10)20-12/h2-6,12H,1,7-9H2,(H,15,16). The van der Waals surface area contributed by atoms with E-state index in [1.165, 1.54) is 6.08 Å². The zero-order chi connectivity index (χ0) is 14.4. The van der Waals surface area contributed by atoms with Crippen LogP contribution in [0.5, 0.6) is 11.5 Å². The van der Waals surface area contributed by atoms with Gasteiger partial charge in [0.05, 0.1) is 0 Å². The second-order valence-electron chi connectivity index (χ2n) is 4.06. The monoisotopic (exact) mass is 277 g/mol. The minimum absolute atomic E-state index is 0.0596. The Morgan fingerprint density at radius 3 is 2.90 bits per heavy atom. The number of carbonyl (C=O) groups is 2. The summed E-state index contributed by atoms with van der Waals surface area (Å²) in [6, 6.07) is 7.04. The van der Waals surface area contributed by atoms with Crippen LogP contribution in [-0.2, 0) is 14.3 Å². The van der Waals surface area contributed by atoms with E-state index in [-0.39, 0.29) is 13.2 Å². The SMILES string of the molecule is C=CCNC(=O)COC(=O)C1COc2ccccc2O1. The lowest BCUT2D eigenvalue weighted by molar-refractivity contribution is -0.157. The summed E-state index contributed by atoms with van der Waals surface area (Å²) in [5.41, 5.74) is 0. The molecule has 0 aromatic heterocycles. The molecule has 1 aliphatic heterocycles. The number of fused-ring (bicyclic) bond motifs is 1. The van der Waals surface area contributed by atoms with Gasteiger partial charge in [-0.1, -0.05) is 18.2 Å². The third-order valence-corrected chi connectivity index (χ3v) is 2.56. The Labute approximate surface area is 116 Å². The maximum atomic E-state index is 11.8. The first kappa shape index (κ1) is 13.9. The largest absolute Gasteiger partial charge is 0.485 e. The van der Waals surface area contributed by atoms with Crippen molar-refractivity contribution in [2.45, 2.75) is 6.10 Å². The summed E-state index contributed by atoms with van der Waals surface area (Å²) in [6.07, 6.45) is 0.673. The summed E-state index contributed by atoms with van der Waals surface area (Å²) in [4.78, 5) is 23.0. The lowest BCUT2D eigenvalue weighted by Gasteiger charge is -2.24. The number of hydrogen-bond acceptors (Lipinski definition) is 5. The lowest BCUT2D eigenvalue weighted by atomic mass is 10.2. The van der Waals surface area contributed by atoms with Crippen molar-refractivity contribution in [3.05, 3.63) is 36.9 Å². The van der Waals surface area contributed by atoms with Gasteiger partial charge < -0.3 is 19.5 Å². The van der Waals surface area contributed by atoms with E-state index in [4.69, 9.17) is 14.2 Å². The number of para-hydroxylation sites is 2. The first-order valence-corrected chi connectivity index (χ1v) is 6.13. The average molecular weight is 277 g/mol. The van der Waals surface area contributed by atoms with Gasteiger partial charge in [-0.25, -0.2) is 4.79 Å². The summed E-state index contributed by atoms with van der Waals surface area (Å²) in [5, 5.41) is 2.50. The van der Waals surface area contributed by atoms with Crippen molar-refractivity contribution in [1.29, 1.82) is 0 Å². The van der Waals surface area contributed by atoms with Gasteiger partial charge in [-0.2, -0.15) is 0 Å². The van der Waals surface area contributed by atoms with Crippen LogP contribution in [-0.4, -0.2) is 37.7 Å². The van der Waals surface area contributed by atoms with Gasteiger partial charge in [0.25, 0.3) is 5.91 Å². The lowest BCUT2D eigenvalue weighted by Crippen LogP contribution is -2.39. The molecule has 1 aromatic carbocycles. The van der Waals surface area contributed by atoms with E-state index in [2.05, 4.69) is 11.9 Å². The van der Waals surface area contributed by atoms with Crippen LogP contribution in [0.1, 0.15) is 0 Å². The van der Waals surface area contributed by atoms with Crippen LogP contribution < -0.4 is 14.8 Å². The molecule has 0 spiro atoms. The van der Waals surface area contributed by atoms with Crippen molar-refractivity contribution in [1.82, 2.24) is 5.32 Å². The highest BCUT2D eigenvalue weighted by Crippen LogP contribution is 2.30. The van der Waals surface area contributed by atoms with Crippen molar-refractivity contribution in [3.63, 3.8) is 0 Å². The molecule has 0 aliphatic carbocycles. The molecule has 1 N–H and O–H groups in total. The highest BCUT2D eigenvalue weighted by molar-refractivity contribution is 5.82. The van der Waals surface area contributed by atoms with E-state index < -0.39 is 18.0 Å². The molecular weight excluding hydrogens is 262 g/mol. The van der Waals surface area contributed by atoms with Gasteiger partial charge in [-0.15, -0.1) is 6.58 Å². The molecule has 2 rings (SSSR count). The molecule has 1 amide bonds. The molecule has 106 valence electrons. The normalized spacial score (nSPS) is 16.1. The molecule has 20 heavy (non-hydrogen) atoms. The number of rotatable bonds is 5. The molecule has 0 fully saturated rings. The first-order chi connectivity index (χ1) is 9.70. The number of esters is 1. The van der Waals surface area contributed by atoms with Crippen LogP contribution in [0.3, 0.4) is 0 Å². The van der Waals surface area contributed by atoms with Crippen LogP contribution >= 0.6 is 0 Å². The van der Waals surface area contributed by atoms with Crippen LogP contribution in [0.4, 0.5) is 0 Å². The van der Waals surface area contributed by atoms with Crippen molar-refractivity contribution < 1.29 is 23.8 Å². The van der Waals surface area contributed by atoms with Gasteiger partial charge in [0.2, 0.25) is 6.10 Å². The Balaban J connectivity index is 1.83. The maximum absolute atomic E-state index is 11.8. The number of hydrogen-bond donors (Lipinski definition) is 1. The van der Waals surface area contributed by atoms with Gasteiger partial charge in [0.1, 0.15) is 6.61 Å². The highest BCUT2D eigenvalue weighted by atomic mass is 16.6. The molecule has 1 unspecified atom stereocenters. The summed E-state index contributed by atoms with van der Waals surface area (Å²) in [5.74, 6) is 0.0423. The highest BCUT2D eigenvalue weighted by Gasteiger charge is 2.28.